The highest BCUT2D eigenvalue weighted by molar-refractivity contribution is 6.13. The lowest BCUT2D eigenvalue weighted by molar-refractivity contribution is 0.953. The Balaban J connectivity index is 0.890. The van der Waals surface area contributed by atoms with Crippen molar-refractivity contribution in [3.05, 3.63) is 231 Å². The fraction of sp³-hybridized carbons (Fsp3) is 0. The van der Waals surface area contributed by atoms with Gasteiger partial charge in [-0.3, -0.25) is 9.55 Å². The van der Waals surface area contributed by atoms with Gasteiger partial charge in [0.1, 0.15) is 0 Å². The van der Waals surface area contributed by atoms with Gasteiger partial charge in [-0.1, -0.05) is 140 Å². The van der Waals surface area contributed by atoms with Crippen LogP contribution in [0.2, 0.25) is 0 Å². The van der Waals surface area contributed by atoms with Gasteiger partial charge in [0.05, 0.1) is 50.7 Å². The molecule has 322 valence electrons. The third kappa shape index (κ3) is 6.27. The van der Waals surface area contributed by atoms with E-state index in [1.807, 2.05) is 73.1 Å². The molecular weight excluding hydrogens is 845 g/mol. The molecule has 0 spiro atoms. The fourth-order valence-corrected chi connectivity index (χ4v) is 10.3. The maximum Gasteiger partial charge on any atom is 0.238 e. The maximum absolute atomic E-state index is 5.37. The van der Waals surface area contributed by atoms with Crippen molar-refractivity contribution in [2.75, 3.05) is 0 Å². The van der Waals surface area contributed by atoms with E-state index >= 15 is 0 Å². The lowest BCUT2D eigenvalue weighted by Gasteiger charge is -2.11. The van der Waals surface area contributed by atoms with E-state index in [1.165, 1.54) is 16.2 Å². The van der Waals surface area contributed by atoms with Gasteiger partial charge < -0.3 is 9.13 Å². The van der Waals surface area contributed by atoms with Crippen molar-refractivity contribution in [2.24, 2.45) is 0 Å². The molecule has 0 aliphatic rings. The van der Waals surface area contributed by atoms with Gasteiger partial charge in [0, 0.05) is 72.1 Å². The summed E-state index contributed by atoms with van der Waals surface area (Å²) in [6.45, 7) is 0. The molecule has 0 saturated heterocycles. The summed E-state index contributed by atoms with van der Waals surface area (Å²) in [5.74, 6) is 1.80. The van der Waals surface area contributed by atoms with Crippen LogP contribution in [0.1, 0.15) is 0 Å². The molecule has 69 heavy (non-hydrogen) atoms. The largest absolute Gasteiger partial charge is 0.309 e. The van der Waals surface area contributed by atoms with Gasteiger partial charge in [0.25, 0.3) is 0 Å². The van der Waals surface area contributed by atoms with E-state index in [4.69, 9.17) is 19.9 Å². The zero-order chi connectivity index (χ0) is 45.4. The molecule has 0 bridgehead atoms. The highest BCUT2D eigenvalue weighted by atomic mass is 15.2. The van der Waals surface area contributed by atoms with Crippen LogP contribution in [0.25, 0.3) is 128 Å². The zero-order valence-corrected chi connectivity index (χ0v) is 37.0. The molecule has 0 N–H and O–H groups in total. The van der Waals surface area contributed by atoms with Gasteiger partial charge in [0.15, 0.2) is 11.6 Å². The van der Waals surface area contributed by atoms with Gasteiger partial charge in [0.2, 0.25) is 5.95 Å². The first kappa shape index (κ1) is 38.7. The van der Waals surface area contributed by atoms with Gasteiger partial charge in [-0.2, -0.15) is 9.97 Å². The molecule has 6 heterocycles. The standard InChI is InChI=1S/C61H38N8/c1-4-15-39(16-5-1)59-64-60(40-17-6-2-7-18-40)66-61(65-59)69-54-26-13-11-22-46(54)49-35-41(28-31-56(49)69)51-23-14-24-52(63-51)42-27-30-47-45-21-10-12-25-53(45)68(57(47)36-42)44-29-32-55-50(37-44)48-33-34-62-38-58(48)67(55)43-19-8-3-9-20-43/h1-38H. The van der Waals surface area contributed by atoms with E-state index in [9.17, 15) is 0 Å². The summed E-state index contributed by atoms with van der Waals surface area (Å²) in [7, 11) is 0. The number of hydrogen-bond acceptors (Lipinski definition) is 5. The van der Waals surface area contributed by atoms with Gasteiger partial charge in [-0.05, 0) is 78.9 Å². The number of hydrogen-bond donors (Lipinski definition) is 0. The molecule has 8 aromatic carbocycles. The lowest BCUT2D eigenvalue weighted by Crippen LogP contribution is -2.06. The fourth-order valence-electron chi connectivity index (χ4n) is 10.3. The average molecular weight is 883 g/mol. The van der Waals surface area contributed by atoms with Crippen molar-refractivity contribution in [3.63, 3.8) is 0 Å². The molecule has 0 fully saturated rings. The Hall–Kier alpha value is -9.53. The molecule has 6 aromatic heterocycles. The molecule has 14 aromatic rings. The van der Waals surface area contributed by atoms with Crippen LogP contribution in [0.3, 0.4) is 0 Å². The summed E-state index contributed by atoms with van der Waals surface area (Å²) in [6.07, 6.45) is 3.85. The van der Waals surface area contributed by atoms with Crippen molar-refractivity contribution in [2.45, 2.75) is 0 Å². The van der Waals surface area contributed by atoms with E-state index in [0.29, 0.717) is 17.6 Å². The Kier molecular flexibility index (Phi) is 8.72. The average Bonchev–Trinajstić information content (AvgIpc) is 4.06. The van der Waals surface area contributed by atoms with Crippen LogP contribution in [-0.2, 0) is 0 Å². The third-order valence-electron chi connectivity index (χ3n) is 13.4. The Bertz CT molecular complexity index is 4250. The zero-order valence-electron chi connectivity index (χ0n) is 37.0. The smallest absolute Gasteiger partial charge is 0.238 e. The number of aromatic nitrogens is 8. The molecule has 0 aliphatic carbocycles. The summed E-state index contributed by atoms with van der Waals surface area (Å²) in [5, 5.41) is 6.92. The van der Waals surface area contributed by atoms with Crippen LogP contribution in [0.5, 0.6) is 0 Å². The van der Waals surface area contributed by atoms with E-state index in [0.717, 1.165) is 94.3 Å². The van der Waals surface area contributed by atoms with Crippen LogP contribution >= 0.6 is 0 Å². The first-order chi connectivity index (χ1) is 34.2. The van der Waals surface area contributed by atoms with Crippen molar-refractivity contribution in [1.82, 2.24) is 38.6 Å². The van der Waals surface area contributed by atoms with Crippen molar-refractivity contribution in [1.29, 1.82) is 0 Å². The monoisotopic (exact) mass is 882 g/mol. The van der Waals surface area contributed by atoms with Crippen LogP contribution in [0.4, 0.5) is 0 Å². The molecule has 14 rings (SSSR count). The molecule has 0 amide bonds. The molecule has 0 aliphatic heterocycles. The Labute approximate surface area is 395 Å². The molecule has 0 unspecified atom stereocenters. The number of benzene rings is 8. The number of para-hydroxylation sites is 3. The minimum Gasteiger partial charge on any atom is -0.309 e. The number of pyridine rings is 2. The second-order valence-corrected chi connectivity index (χ2v) is 17.4. The topological polar surface area (TPSA) is 79.2 Å². The lowest BCUT2D eigenvalue weighted by atomic mass is 10.0. The van der Waals surface area contributed by atoms with Gasteiger partial charge >= 0.3 is 0 Å². The van der Waals surface area contributed by atoms with E-state index < -0.39 is 0 Å². The summed E-state index contributed by atoms with van der Waals surface area (Å²) in [4.78, 5) is 25.1. The molecule has 0 saturated carbocycles. The predicted molar refractivity (Wildman–Crippen MR) is 280 cm³/mol. The first-order valence-corrected chi connectivity index (χ1v) is 23.1. The highest BCUT2D eigenvalue weighted by Crippen LogP contribution is 2.39. The third-order valence-corrected chi connectivity index (χ3v) is 13.4. The molecular formula is C61H38N8. The van der Waals surface area contributed by atoms with Gasteiger partial charge in [-0.25, -0.2) is 9.97 Å². The molecule has 8 heteroatoms. The van der Waals surface area contributed by atoms with E-state index in [2.05, 4.69) is 176 Å². The van der Waals surface area contributed by atoms with E-state index in [-0.39, 0.29) is 0 Å². The van der Waals surface area contributed by atoms with E-state index in [1.54, 1.807) is 0 Å². The Morgan fingerprint density at radius 2 is 0.797 bits per heavy atom. The van der Waals surface area contributed by atoms with Crippen LogP contribution in [0.15, 0.2) is 231 Å². The van der Waals surface area contributed by atoms with Crippen LogP contribution in [0, 0.1) is 0 Å². The SMILES string of the molecule is c1ccc(-c2nc(-c3ccccc3)nc(-n3c4ccccc4c4cc(-c5cccc(-c6ccc7c8ccccc8n(-c8ccc9c(c8)c8ccncc8n9-c8ccccc8)c7c6)n5)ccc43)n2)cc1. The second kappa shape index (κ2) is 15.5. The van der Waals surface area contributed by atoms with Gasteiger partial charge in [-0.15, -0.1) is 0 Å². The summed E-state index contributed by atoms with van der Waals surface area (Å²) >= 11 is 0. The quantitative estimate of drug-likeness (QED) is 0.159. The first-order valence-electron chi connectivity index (χ1n) is 23.1. The minimum atomic E-state index is 0.561. The normalized spacial score (nSPS) is 11.8. The van der Waals surface area contributed by atoms with Crippen molar-refractivity contribution >= 4 is 65.4 Å². The molecule has 0 radical (unpaired) electrons. The van der Waals surface area contributed by atoms with Crippen molar-refractivity contribution < 1.29 is 0 Å². The summed E-state index contributed by atoms with van der Waals surface area (Å²) in [6, 6.07) is 76.4. The number of rotatable bonds is 7. The highest BCUT2D eigenvalue weighted by Gasteiger charge is 2.20. The Morgan fingerprint density at radius 3 is 1.52 bits per heavy atom. The molecule has 8 nitrogen and oxygen atoms in total. The van der Waals surface area contributed by atoms with Crippen LogP contribution in [-0.4, -0.2) is 38.6 Å². The summed E-state index contributed by atoms with van der Waals surface area (Å²) < 4.78 is 6.86. The minimum absolute atomic E-state index is 0.561. The second-order valence-electron chi connectivity index (χ2n) is 17.4. The number of nitrogens with zero attached hydrogens (tertiary/aromatic N) is 8. The Morgan fingerprint density at radius 1 is 0.275 bits per heavy atom. The van der Waals surface area contributed by atoms with Crippen LogP contribution < -0.4 is 0 Å². The predicted octanol–water partition coefficient (Wildman–Crippen LogP) is 14.6. The number of fused-ring (bicyclic) bond motifs is 9. The molecule has 0 atom stereocenters. The van der Waals surface area contributed by atoms with Crippen molar-refractivity contribution in [3.8, 4) is 62.6 Å². The maximum atomic E-state index is 5.37. The summed E-state index contributed by atoms with van der Waals surface area (Å²) in [5.41, 5.74) is 14.4.